The van der Waals surface area contributed by atoms with Crippen molar-refractivity contribution in [2.75, 3.05) is 5.43 Å². The maximum absolute atomic E-state index is 12.4. The quantitative estimate of drug-likeness (QED) is 0.696. The number of benzene rings is 1. The molecule has 0 saturated heterocycles. The van der Waals surface area contributed by atoms with Crippen LogP contribution in [0.2, 0.25) is 5.02 Å². The molecule has 0 radical (unpaired) electrons. The molecule has 0 bridgehead atoms. The Hall–Kier alpha value is -2.93. The van der Waals surface area contributed by atoms with Gasteiger partial charge in [-0.3, -0.25) is 15.6 Å². The highest BCUT2D eigenvalue weighted by Crippen LogP contribution is 2.16. The number of hydrogen-bond acceptors (Lipinski definition) is 5. The van der Waals surface area contributed by atoms with E-state index < -0.39 is 0 Å². The second-order valence-electron chi connectivity index (χ2n) is 4.92. The van der Waals surface area contributed by atoms with Gasteiger partial charge in [0, 0.05) is 11.2 Å². The smallest absolute Gasteiger partial charge is 0.282 e. The van der Waals surface area contributed by atoms with Crippen LogP contribution in [0.3, 0.4) is 0 Å². The Bertz CT molecular complexity index is 832. The molecule has 0 saturated carbocycles. The van der Waals surface area contributed by atoms with Crippen LogP contribution in [-0.4, -0.2) is 25.9 Å². The van der Waals surface area contributed by atoms with Crippen LogP contribution in [-0.2, 0) is 6.42 Å². The van der Waals surface area contributed by atoms with Crippen molar-refractivity contribution in [3.63, 3.8) is 0 Å². The largest absolute Gasteiger partial charge is 0.292 e. The number of hydrogen-bond donors (Lipinski definition) is 2. The number of carbonyl (C=O) groups is 1. The van der Waals surface area contributed by atoms with Crippen molar-refractivity contribution >= 4 is 23.3 Å². The molecule has 7 nitrogen and oxygen atoms in total. The lowest BCUT2D eigenvalue weighted by atomic mass is 10.2. The highest BCUT2D eigenvalue weighted by Gasteiger charge is 2.19. The summed E-state index contributed by atoms with van der Waals surface area (Å²) in [5.74, 6) is 0.159. The summed E-state index contributed by atoms with van der Waals surface area (Å²) in [7, 11) is 0. The lowest BCUT2D eigenvalue weighted by Gasteiger charge is -2.08. The Morgan fingerprint density at radius 2 is 2.00 bits per heavy atom. The summed E-state index contributed by atoms with van der Waals surface area (Å²) in [6.07, 6.45) is 2.23. The van der Waals surface area contributed by atoms with Crippen LogP contribution in [0.25, 0.3) is 5.69 Å². The summed E-state index contributed by atoms with van der Waals surface area (Å²) in [6, 6.07) is 12.5. The van der Waals surface area contributed by atoms with E-state index in [9.17, 15) is 4.79 Å². The van der Waals surface area contributed by atoms with Crippen molar-refractivity contribution in [1.29, 1.82) is 0 Å². The summed E-state index contributed by atoms with van der Waals surface area (Å²) in [6.45, 7) is 1.94. The highest BCUT2D eigenvalue weighted by molar-refractivity contribution is 6.30. The molecule has 1 amide bonds. The number of hydrazine groups is 1. The summed E-state index contributed by atoms with van der Waals surface area (Å²) in [5.41, 5.74) is 7.08. The SMILES string of the molecule is CCc1c(C(=O)NNc2ccccn2)nnn1-c1ccc(Cl)cc1. The van der Waals surface area contributed by atoms with Gasteiger partial charge >= 0.3 is 0 Å². The minimum Gasteiger partial charge on any atom is -0.282 e. The summed E-state index contributed by atoms with van der Waals surface area (Å²) in [5, 5.41) is 8.72. The van der Waals surface area contributed by atoms with Crippen LogP contribution < -0.4 is 10.9 Å². The first-order valence-electron chi connectivity index (χ1n) is 7.37. The Balaban J connectivity index is 1.81. The van der Waals surface area contributed by atoms with Gasteiger partial charge in [0.25, 0.3) is 5.91 Å². The summed E-state index contributed by atoms with van der Waals surface area (Å²) >= 11 is 5.90. The molecule has 2 aromatic heterocycles. The molecule has 0 atom stereocenters. The van der Waals surface area contributed by atoms with Gasteiger partial charge in [-0.1, -0.05) is 29.8 Å². The molecule has 3 rings (SSSR count). The number of amides is 1. The van der Waals surface area contributed by atoms with Crippen LogP contribution in [0.5, 0.6) is 0 Å². The zero-order valence-corrected chi connectivity index (χ0v) is 13.7. The molecule has 1 aromatic carbocycles. The second-order valence-corrected chi connectivity index (χ2v) is 5.36. The van der Waals surface area contributed by atoms with Crippen molar-refractivity contribution in [2.24, 2.45) is 0 Å². The Morgan fingerprint density at radius 3 is 2.67 bits per heavy atom. The minimum atomic E-state index is -0.377. The first-order chi connectivity index (χ1) is 11.7. The number of nitrogens with one attached hydrogen (secondary N) is 2. The molecule has 0 aliphatic rings. The molecule has 0 spiro atoms. The average Bonchev–Trinajstić information content (AvgIpc) is 3.05. The standard InChI is InChI=1S/C16H15ClN6O/c1-2-13-15(16(24)21-19-14-5-3-4-10-18-14)20-22-23(13)12-8-6-11(17)7-9-12/h3-10H,2H2,1H3,(H,18,19)(H,21,24). The van der Waals surface area contributed by atoms with Crippen molar-refractivity contribution in [1.82, 2.24) is 25.4 Å². The van der Waals surface area contributed by atoms with Crippen molar-refractivity contribution in [3.05, 3.63) is 65.1 Å². The number of carbonyl (C=O) groups excluding carboxylic acids is 1. The van der Waals surface area contributed by atoms with Crippen LogP contribution >= 0.6 is 11.6 Å². The average molecular weight is 343 g/mol. The molecule has 0 fully saturated rings. The van der Waals surface area contributed by atoms with E-state index in [-0.39, 0.29) is 11.6 Å². The third-order valence-electron chi connectivity index (χ3n) is 3.35. The molecule has 3 aromatic rings. The van der Waals surface area contributed by atoms with Gasteiger partial charge in [-0.05, 0) is 42.8 Å². The lowest BCUT2D eigenvalue weighted by Crippen LogP contribution is -2.30. The molecule has 24 heavy (non-hydrogen) atoms. The second kappa shape index (κ2) is 7.10. The fourth-order valence-electron chi connectivity index (χ4n) is 2.20. The van der Waals surface area contributed by atoms with Crippen LogP contribution in [0, 0.1) is 0 Å². The van der Waals surface area contributed by atoms with E-state index in [0.717, 1.165) is 5.69 Å². The van der Waals surface area contributed by atoms with E-state index in [1.807, 2.05) is 25.1 Å². The molecular weight excluding hydrogens is 328 g/mol. The fourth-order valence-corrected chi connectivity index (χ4v) is 2.33. The predicted octanol–water partition coefficient (Wildman–Crippen LogP) is 2.64. The number of halogens is 1. The minimum absolute atomic E-state index is 0.260. The summed E-state index contributed by atoms with van der Waals surface area (Å²) in [4.78, 5) is 16.4. The first-order valence-corrected chi connectivity index (χ1v) is 7.74. The van der Waals surface area contributed by atoms with Gasteiger partial charge in [-0.15, -0.1) is 5.10 Å². The Morgan fingerprint density at radius 1 is 1.21 bits per heavy atom. The van der Waals surface area contributed by atoms with Gasteiger partial charge in [-0.2, -0.15) is 0 Å². The van der Waals surface area contributed by atoms with Crippen LogP contribution in [0.4, 0.5) is 5.82 Å². The molecule has 8 heteroatoms. The van der Waals surface area contributed by atoms with Gasteiger partial charge in [-0.25, -0.2) is 9.67 Å². The van der Waals surface area contributed by atoms with E-state index in [4.69, 9.17) is 11.6 Å². The molecule has 2 N–H and O–H groups in total. The number of anilines is 1. The highest BCUT2D eigenvalue weighted by atomic mass is 35.5. The maximum atomic E-state index is 12.4. The molecule has 0 aliphatic carbocycles. The molecule has 122 valence electrons. The third kappa shape index (κ3) is 3.36. The van der Waals surface area contributed by atoms with Crippen LogP contribution in [0.1, 0.15) is 23.1 Å². The molecule has 0 unspecified atom stereocenters. The number of pyridine rings is 1. The van der Waals surface area contributed by atoms with Gasteiger partial charge in [0.15, 0.2) is 5.69 Å². The number of nitrogens with zero attached hydrogens (tertiary/aromatic N) is 4. The van der Waals surface area contributed by atoms with Gasteiger partial charge in [0.05, 0.1) is 11.4 Å². The van der Waals surface area contributed by atoms with Crippen molar-refractivity contribution in [3.8, 4) is 5.69 Å². The predicted molar refractivity (Wildman–Crippen MR) is 91.1 cm³/mol. The molecule has 2 heterocycles. The number of aromatic nitrogens is 4. The van der Waals surface area contributed by atoms with Crippen molar-refractivity contribution in [2.45, 2.75) is 13.3 Å². The normalized spacial score (nSPS) is 10.4. The molecular formula is C16H15ClN6O. The van der Waals surface area contributed by atoms with E-state index in [0.29, 0.717) is 23.0 Å². The maximum Gasteiger partial charge on any atom is 0.292 e. The van der Waals surface area contributed by atoms with Crippen molar-refractivity contribution < 1.29 is 4.79 Å². The van der Waals surface area contributed by atoms with E-state index >= 15 is 0 Å². The third-order valence-corrected chi connectivity index (χ3v) is 3.61. The fraction of sp³-hybridized carbons (Fsp3) is 0.125. The zero-order chi connectivity index (χ0) is 16.9. The van der Waals surface area contributed by atoms with Gasteiger partial charge < -0.3 is 0 Å². The van der Waals surface area contributed by atoms with E-state index in [1.165, 1.54) is 0 Å². The summed E-state index contributed by atoms with van der Waals surface area (Å²) < 4.78 is 1.63. The van der Waals surface area contributed by atoms with Gasteiger partial charge in [0.1, 0.15) is 5.82 Å². The Kier molecular flexibility index (Phi) is 4.72. The van der Waals surface area contributed by atoms with Crippen LogP contribution in [0.15, 0.2) is 48.7 Å². The molecule has 0 aliphatic heterocycles. The first kappa shape index (κ1) is 15.9. The zero-order valence-electron chi connectivity index (χ0n) is 12.9. The van der Waals surface area contributed by atoms with Gasteiger partial charge in [0.2, 0.25) is 0 Å². The van der Waals surface area contributed by atoms with E-state index in [2.05, 4.69) is 26.1 Å². The topological polar surface area (TPSA) is 84.7 Å². The van der Waals surface area contributed by atoms with E-state index in [1.54, 1.807) is 35.1 Å². The number of rotatable bonds is 5. The monoisotopic (exact) mass is 342 g/mol. The Labute approximate surface area is 143 Å². The lowest BCUT2D eigenvalue weighted by molar-refractivity contribution is 0.0956.